The van der Waals surface area contributed by atoms with Crippen molar-refractivity contribution in [2.24, 2.45) is 5.92 Å². The van der Waals surface area contributed by atoms with E-state index in [0.717, 1.165) is 18.1 Å². The Labute approximate surface area is 123 Å². The monoisotopic (exact) mass is 282 g/mol. The first-order valence-electron chi connectivity index (χ1n) is 6.93. The van der Waals surface area contributed by atoms with Crippen molar-refractivity contribution >= 4 is 17.3 Å². The zero-order chi connectivity index (χ0) is 14.6. The molecule has 0 aliphatic carbocycles. The first-order chi connectivity index (χ1) is 8.69. The van der Waals surface area contributed by atoms with Gasteiger partial charge in [-0.15, -0.1) is 0 Å². The summed E-state index contributed by atoms with van der Waals surface area (Å²) in [4.78, 5) is 2.31. The third kappa shape index (κ3) is 5.84. The van der Waals surface area contributed by atoms with Crippen molar-refractivity contribution in [3.05, 3.63) is 28.8 Å². The molecule has 0 amide bonds. The Hall–Kier alpha value is -0.730. The molecule has 2 nitrogen and oxygen atoms in total. The molecule has 0 bridgehead atoms. The lowest BCUT2D eigenvalue weighted by Gasteiger charge is -2.27. The van der Waals surface area contributed by atoms with Gasteiger partial charge in [0.05, 0.1) is 0 Å². The molecule has 0 aliphatic heterocycles. The van der Waals surface area contributed by atoms with E-state index in [1.54, 1.807) is 0 Å². The zero-order valence-corrected chi connectivity index (χ0v) is 13.8. The largest absolute Gasteiger partial charge is 0.374 e. The second-order valence-corrected chi connectivity index (χ2v) is 7.09. The van der Waals surface area contributed by atoms with Crippen molar-refractivity contribution in [3.8, 4) is 0 Å². The van der Waals surface area contributed by atoms with Gasteiger partial charge in [-0.2, -0.15) is 0 Å². The molecule has 19 heavy (non-hydrogen) atoms. The number of hydrogen-bond acceptors (Lipinski definition) is 2. The maximum atomic E-state index is 6.13. The van der Waals surface area contributed by atoms with Crippen molar-refractivity contribution in [2.45, 2.75) is 46.7 Å². The lowest BCUT2D eigenvalue weighted by molar-refractivity contribution is 0.424. The topological polar surface area (TPSA) is 15.3 Å². The lowest BCUT2D eigenvalue weighted by Crippen LogP contribution is -2.35. The Kier molecular flexibility index (Phi) is 5.69. The summed E-state index contributed by atoms with van der Waals surface area (Å²) >= 11 is 6.13. The average Bonchev–Trinajstić information content (AvgIpc) is 2.24. The maximum Gasteiger partial charge on any atom is 0.0410 e. The quantitative estimate of drug-likeness (QED) is 0.865. The number of halogens is 1. The third-order valence-corrected chi connectivity index (χ3v) is 3.14. The molecule has 0 heterocycles. The molecule has 0 fully saturated rings. The molecule has 0 atom stereocenters. The van der Waals surface area contributed by atoms with E-state index in [-0.39, 0.29) is 5.54 Å². The van der Waals surface area contributed by atoms with Crippen LogP contribution in [0.2, 0.25) is 5.02 Å². The van der Waals surface area contributed by atoms with Gasteiger partial charge in [0.25, 0.3) is 0 Å². The van der Waals surface area contributed by atoms with Crippen LogP contribution in [0.3, 0.4) is 0 Å². The molecule has 0 saturated heterocycles. The minimum atomic E-state index is 0.107. The van der Waals surface area contributed by atoms with Gasteiger partial charge < -0.3 is 10.2 Å². The van der Waals surface area contributed by atoms with Crippen LogP contribution in [0.15, 0.2) is 18.2 Å². The van der Waals surface area contributed by atoms with Crippen LogP contribution in [0, 0.1) is 5.92 Å². The fraction of sp³-hybridized carbons (Fsp3) is 0.625. The SMILES string of the molecule is CC(C)CN(C)c1ccc(Cl)cc1CNC(C)(C)C. The molecule has 1 aromatic rings. The van der Waals surface area contributed by atoms with Gasteiger partial charge in [0.15, 0.2) is 0 Å². The molecule has 1 rings (SSSR count). The van der Waals surface area contributed by atoms with E-state index in [1.807, 2.05) is 6.07 Å². The van der Waals surface area contributed by atoms with Crippen LogP contribution in [0.25, 0.3) is 0 Å². The van der Waals surface area contributed by atoms with Crippen LogP contribution >= 0.6 is 11.6 Å². The number of benzene rings is 1. The minimum absolute atomic E-state index is 0.107. The normalized spacial score (nSPS) is 12.0. The van der Waals surface area contributed by atoms with E-state index >= 15 is 0 Å². The van der Waals surface area contributed by atoms with Gasteiger partial charge in [-0.05, 0) is 50.5 Å². The summed E-state index contributed by atoms with van der Waals surface area (Å²) in [7, 11) is 2.14. The van der Waals surface area contributed by atoms with Crippen molar-refractivity contribution < 1.29 is 0 Å². The molecule has 0 aromatic heterocycles. The highest BCUT2D eigenvalue weighted by molar-refractivity contribution is 6.30. The number of nitrogens with one attached hydrogen (secondary N) is 1. The number of anilines is 1. The first-order valence-corrected chi connectivity index (χ1v) is 7.31. The summed E-state index contributed by atoms with van der Waals surface area (Å²) in [5.74, 6) is 0.643. The van der Waals surface area contributed by atoms with Crippen LogP contribution in [-0.4, -0.2) is 19.1 Å². The smallest absolute Gasteiger partial charge is 0.0410 e. The molecule has 3 heteroatoms. The number of hydrogen-bond donors (Lipinski definition) is 1. The van der Waals surface area contributed by atoms with Gasteiger partial charge in [-0.1, -0.05) is 25.4 Å². The predicted molar refractivity (Wildman–Crippen MR) is 86.2 cm³/mol. The standard InChI is InChI=1S/C16H27ClN2/c1-12(2)11-19(6)15-8-7-14(17)9-13(15)10-18-16(3,4)5/h7-9,12,18H,10-11H2,1-6H3. The fourth-order valence-corrected chi connectivity index (χ4v) is 2.27. The summed E-state index contributed by atoms with van der Waals surface area (Å²) in [5.41, 5.74) is 2.62. The van der Waals surface area contributed by atoms with Crippen LogP contribution in [0.4, 0.5) is 5.69 Å². The summed E-state index contributed by atoms with van der Waals surface area (Å²) < 4.78 is 0. The lowest BCUT2D eigenvalue weighted by atomic mass is 10.1. The van der Waals surface area contributed by atoms with E-state index in [9.17, 15) is 0 Å². The van der Waals surface area contributed by atoms with Crippen LogP contribution < -0.4 is 10.2 Å². The van der Waals surface area contributed by atoms with E-state index in [4.69, 9.17) is 11.6 Å². The third-order valence-electron chi connectivity index (χ3n) is 2.90. The van der Waals surface area contributed by atoms with E-state index in [1.165, 1.54) is 11.3 Å². The second-order valence-electron chi connectivity index (χ2n) is 6.65. The maximum absolute atomic E-state index is 6.13. The highest BCUT2D eigenvalue weighted by Crippen LogP contribution is 2.24. The first kappa shape index (κ1) is 16.3. The molecular weight excluding hydrogens is 256 g/mol. The highest BCUT2D eigenvalue weighted by Gasteiger charge is 2.13. The van der Waals surface area contributed by atoms with Crippen molar-refractivity contribution in [1.29, 1.82) is 0 Å². The van der Waals surface area contributed by atoms with Gasteiger partial charge in [-0.3, -0.25) is 0 Å². The molecule has 0 radical (unpaired) electrons. The van der Waals surface area contributed by atoms with Crippen molar-refractivity contribution in [1.82, 2.24) is 5.32 Å². The van der Waals surface area contributed by atoms with Gasteiger partial charge in [0.1, 0.15) is 0 Å². The molecular formula is C16H27ClN2. The summed E-state index contributed by atoms with van der Waals surface area (Å²) in [6.45, 7) is 12.9. The van der Waals surface area contributed by atoms with E-state index < -0.39 is 0 Å². The average molecular weight is 283 g/mol. The van der Waals surface area contributed by atoms with Gasteiger partial charge in [0, 0.05) is 36.4 Å². The molecule has 1 N–H and O–H groups in total. The van der Waals surface area contributed by atoms with Gasteiger partial charge >= 0.3 is 0 Å². The molecule has 0 spiro atoms. The van der Waals surface area contributed by atoms with Crippen molar-refractivity contribution in [2.75, 3.05) is 18.5 Å². The van der Waals surface area contributed by atoms with Crippen LogP contribution in [0.5, 0.6) is 0 Å². The molecule has 0 aliphatic rings. The molecule has 0 unspecified atom stereocenters. The Morgan fingerprint density at radius 1 is 1.26 bits per heavy atom. The van der Waals surface area contributed by atoms with E-state index in [0.29, 0.717) is 5.92 Å². The van der Waals surface area contributed by atoms with E-state index in [2.05, 4.69) is 64.0 Å². The minimum Gasteiger partial charge on any atom is -0.374 e. The summed E-state index contributed by atoms with van der Waals surface area (Å²) in [6, 6.07) is 6.14. The Morgan fingerprint density at radius 2 is 1.89 bits per heavy atom. The van der Waals surface area contributed by atoms with Crippen LogP contribution in [-0.2, 0) is 6.54 Å². The van der Waals surface area contributed by atoms with Gasteiger partial charge in [0.2, 0.25) is 0 Å². The second kappa shape index (κ2) is 6.62. The Balaban J connectivity index is 2.91. The van der Waals surface area contributed by atoms with Crippen LogP contribution in [0.1, 0.15) is 40.2 Å². The molecule has 0 saturated carbocycles. The molecule has 1 aromatic carbocycles. The summed E-state index contributed by atoms with van der Waals surface area (Å²) in [6.07, 6.45) is 0. The van der Waals surface area contributed by atoms with Gasteiger partial charge in [-0.25, -0.2) is 0 Å². The molecule has 108 valence electrons. The zero-order valence-electron chi connectivity index (χ0n) is 13.0. The Morgan fingerprint density at radius 3 is 2.42 bits per heavy atom. The van der Waals surface area contributed by atoms with Crippen molar-refractivity contribution in [3.63, 3.8) is 0 Å². The summed E-state index contributed by atoms with van der Waals surface area (Å²) in [5, 5.41) is 4.33. The number of rotatable bonds is 5. The Bertz CT molecular complexity index is 408. The predicted octanol–water partition coefficient (Wildman–Crippen LogP) is 4.32. The fourth-order valence-electron chi connectivity index (χ4n) is 2.07. The highest BCUT2D eigenvalue weighted by atomic mass is 35.5. The number of nitrogens with zero attached hydrogens (tertiary/aromatic N) is 1.